The first-order valence-corrected chi connectivity index (χ1v) is 11.6. The fourth-order valence-corrected chi connectivity index (χ4v) is 4.26. The van der Waals surface area contributed by atoms with Gasteiger partial charge in [-0.15, -0.1) is 0 Å². The number of carbonyl (C=O) groups is 2. The molecule has 0 radical (unpaired) electrons. The fraction of sp³-hybridized carbons (Fsp3) is 0.241. The second kappa shape index (κ2) is 9.56. The highest BCUT2D eigenvalue weighted by molar-refractivity contribution is 6.46. The monoisotopic (exact) mass is 454 g/mol. The minimum absolute atomic E-state index is 0.0452. The Labute approximate surface area is 201 Å². The molecule has 1 heterocycles. The molecule has 4 rings (SSSR count). The van der Waals surface area contributed by atoms with Crippen LogP contribution in [-0.2, 0) is 9.59 Å². The molecule has 1 aliphatic rings. The maximum Gasteiger partial charge on any atom is 0.282 e. The topological polar surface area (TPSA) is 49.9 Å². The summed E-state index contributed by atoms with van der Waals surface area (Å²) in [5.74, 6) is 0.0852. The van der Waals surface area contributed by atoms with Crippen molar-refractivity contribution in [1.29, 1.82) is 0 Å². The van der Waals surface area contributed by atoms with E-state index >= 15 is 0 Å². The molecule has 2 amide bonds. The summed E-state index contributed by atoms with van der Waals surface area (Å²) in [7, 11) is 0. The van der Waals surface area contributed by atoms with Gasteiger partial charge in [0, 0.05) is 12.2 Å². The van der Waals surface area contributed by atoms with Gasteiger partial charge in [0.05, 0.1) is 17.4 Å². The first kappa shape index (κ1) is 23.3. The van der Waals surface area contributed by atoms with E-state index in [4.69, 9.17) is 4.74 Å². The van der Waals surface area contributed by atoms with E-state index in [0.29, 0.717) is 29.1 Å². The number of likely N-dealkylation sites (N-methyl/N-ethyl adjacent to an activating group) is 1. The van der Waals surface area contributed by atoms with Crippen LogP contribution in [0.2, 0.25) is 0 Å². The van der Waals surface area contributed by atoms with E-state index in [-0.39, 0.29) is 17.9 Å². The highest BCUT2D eigenvalue weighted by Gasteiger charge is 2.43. The number of amides is 2. The second-order valence-corrected chi connectivity index (χ2v) is 8.73. The lowest BCUT2D eigenvalue weighted by Gasteiger charge is -2.25. The van der Waals surface area contributed by atoms with E-state index in [1.54, 1.807) is 0 Å². The van der Waals surface area contributed by atoms with Crippen LogP contribution < -0.4 is 14.5 Å². The Kier molecular flexibility index (Phi) is 6.55. The maximum atomic E-state index is 13.9. The molecule has 0 aliphatic carbocycles. The van der Waals surface area contributed by atoms with Gasteiger partial charge in [0.25, 0.3) is 11.8 Å². The molecule has 5 heteroatoms. The Morgan fingerprint density at radius 3 is 2.18 bits per heavy atom. The lowest BCUT2D eigenvalue weighted by Crippen LogP contribution is -2.35. The molecule has 0 fully saturated rings. The SMILES string of the molecule is CCN(C1=C(c2ccc(OC(C)C)cc2)C(=O)N(c2cc(C)ccc2C)C1=O)c1ccccc1. The minimum atomic E-state index is -0.319. The molecule has 1 aliphatic heterocycles. The lowest BCUT2D eigenvalue weighted by molar-refractivity contribution is -0.120. The van der Waals surface area contributed by atoms with Crippen molar-refractivity contribution in [3.05, 3.63) is 95.2 Å². The summed E-state index contributed by atoms with van der Waals surface area (Å²) in [6, 6.07) is 22.9. The van der Waals surface area contributed by atoms with Crippen molar-refractivity contribution in [2.24, 2.45) is 0 Å². The average molecular weight is 455 g/mol. The standard InChI is InChI=1S/C29H30N2O3/c1-6-30(23-10-8-7-9-11-23)27-26(22-14-16-24(17-15-22)34-19(2)3)28(32)31(29(27)33)25-18-20(4)12-13-21(25)5/h7-19H,6H2,1-5H3. The average Bonchev–Trinajstić information content (AvgIpc) is 3.07. The number of hydrogen-bond donors (Lipinski definition) is 0. The van der Waals surface area contributed by atoms with Crippen LogP contribution in [0.5, 0.6) is 5.75 Å². The zero-order chi connectivity index (χ0) is 24.4. The summed E-state index contributed by atoms with van der Waals surface area (Å²) in [5.41, 5.74) is 4.81. The van der Waals surface area contributed by atoms with Gasteiger partial charge in [-0.1, -0.05) is 42.5 Å². The summed E-state index contributed by atoms with van der Waals surface area (Å²) in [5, 5.41) is 0. The number of imide groups is 1. The van der Waals surface area contributed by atoms with Crippen molar-refractivity contribution in [2.75, 3.05) is 16.3 Å². The summed E-state index contributed by atoms with van der Waals surface area (Å²) in [6.45, 7) is 10.3. The third kappa shape index (κ3) is 4.34. The number of carbonyl (C=O) groups excluding carboxylic acids is 2. The van der Waals surface area contributed by atoms with Crippen molar-refractivity contribution in [3.8, 4) is 5.75 Å². The zero-order valence-corrected chi connectivity index (χ0v) is 20.3. The Morgan fingerprint density at radius 2 is 1.56 bits per heavy atom. The van der Waals surface area contributed by atoms with E-state index in [1.165, 1.54) is 4.90 Å². The maximum absolute atomic E-state index is 13.9. The molecule has 174 valence electrons. The number of rotatable bonds is 7. The largest absolute Gasteiger partial charge is 0.491 e. The Morgan fingerprint density at radius 1 is 0.882 bits per heavy atom. The van der Waals surface area contributed by atoms with Crippen LogP contribution >= 0.6 is 0 Å². The van der Waals surface area contributed by atoms with Gasteiger partial charge < -0.3 is 9.64 Å². The summed E-state index contributed by atoms with van der Waals surface area (Å²) >= 11 is 0. The quantitative estimate of drug-likeness (QED) is 0.417. The van der Waals surface area contributed by atoms with Crippen molar-refractivity contribution in [1.82, 2.24) is 0 Å². The Bertz CT molecular complexity index is 1240. The van der Waals surface area contributed by atoms with Crippen LogP contribution in [0.3, 0.4) is 0 Å². The molecule has 0 saturated heterocycles. The van der Waals surface area contributed by atoms with Crippen LogP contribution in [0.1, 0.15) is 37.5 Å². The van der Waals surface area contributed by atoms with E-state index in [2.05, 4.69) is 0 Å². The minimum Gasteiger partial charge on any atom is -0.491 e. The van der Waals surface area contributed by atoms with Crippen LogP contribution in [0.25, 0.3) is 5.57 Å². The number of para-hydroxylation sites is 1. The molecule has 34 heavy (non-hydrogen) atoms. The van der Waals surface area contributed by atoms with Crippen LogP contribution in [0.15, 0.2) is 78.5 Å². The molecular formula is C29H30N2O3. The van der Waals surface area contributed by atoms with Crippen LogP contribution in [-0.4, -0.2) is 24.5 Å². The van der Waals surface area contributed by atoms with E-state index < -0.39 is 0 Å². The lowest BCUT2D eigenvalue weighted by atomic mass is 10.0. The van der Waals surface area contributed by atoms with Crippen molar-refractivity contribution in [2.45, 2.75) is 40.7 Å². The predicted octanol–water partition coefficient (Wildman–Crippen LogP) is 5.90. The molecular weight excluding hydrogens is 424 g/mol. The van der Waals surface area contributed by atoms with Gasteiger partial charge in [0.1, 0.15) is 11.4 Å². The number of nitrogens with zero attached hydrogens (tertiary/aromatic N) is 2. The van der Waals surface area contributed by atoms with E-state index in [0.717, 1.165) is 22.6 Å². The van der Waals surface area contributed by atoms with Gasteiger partial charge in [-0.3, -0.25) is 9.59 Å². The summed E-state index contributed by atoms with van der Waals surface area (Å²) in [4.78, 5) is 31.1. The molecule has 0 saturated carbocycles. The number of anilines is 2. The van der Waals surface area contributed by atoms with Crippen molar-refractivity contribution >= 4 is 28.8 Å². The first-order valence-electron chi connectivity index (χ1n) is 11.6. The normalized spacial score (nSPS) is 13.8. The molecule has 0 atom stereocenters. The molecule has 3 aromatic carbocycles. The van der Waals surface area contributed by atoms with Crippen molar-refractivity contribution in [3.63, 3.8) is 0 Å². The smallest absolute Gasteiger partial charge is 0.282 e. The van der Waals surface area contributed by atoms with Gasteiger partial charge >= 0.3 is 0 Å². The highest BCUT2D eigenvalue weighted by atomic mass is 16.5. The van der Waals surface area contributed by atoms with Gasteiger partial charge in [-0.25, -0.2) is 4.90 Å². The zero-order valence-electron chi connectivity index (χ0n) is 20.3. The van der Waals surface area contributed by atoms with E-state index in [1.807, 2.05) is 112 Å². The third-order valence-electron chi connectivity index (χ3n) is 5.83. The highest BCUT2D eigenvalue weighted by Crippen LogP contribution is 2.38. The predicted molar refractivity (Wildman–Crippen MR) is 137 cm³/mol. The Hall–Kier alpha value is -3.86. The van der Waals surface area contributed by atoms with Crippen molar-refractivity contribution < 1.29 is 14.3 Å². The fourth-order valence-electron chi connectivity index (χ4n) is 4.26. The molecule has 0 bridgehead atoms. The number of hydrogen-bond acceptors (Lipinski definition) is 4. The number of benzene rings is 3. The van der Waals surface area contributed by atoms with Gasteiger partial charge in [0.15, 0.2) is 0 Å². The number of aryl methyl sites for hydroxylation is 2. The molecule has 3 aromatic rings. The second-order valence-electron chi connectivity index (χ2n) is 8.73. The summed E-state index contributed by atoms with van der Waals surface area (Å²) < 4.78 is 5.78. The molecule has 0 spiro atoms. The van der Waals surface area contributed by atoms with Crippen LogP contribution in [0.4, 0.5) is 11.4 Å². The molecule has 0 unspecified atom stereocenters. The number of ether oxygens (including phenoxy) is 1. The Balaban J connectivity index is 1.88. The molecule has 0 aromatic heterocycles. The summed E-state index contributed by atoms with van der Waals surface area (Å²) in [6.07, 6.45) is 0.0452. The van der Waals surface area contributed by atoms with Gasteiger partial charge in [-0.2, -0.15) is 0 Å². The van der Waals surface area contributed by atoms with Gasteiger partial charge in [-0.05, 0) is 81.6 Å². The molecule has 0 N–H and O–H groups in total. The van der Waals surface area contributed by atoms with Crippen LogP contribution in [0, 0.1) is 13.8 Å². The third-order valence-corrected chi connectivity index (χ3v) is 5.83. The van der Waals surface area contributed by atoms with E-state index in [9.17, 15) is 9.59 Å². The first-order chi connectivity index (χ1) is 16.3. The molecule has 5 nitrogen and oxygen atoms in total. The van der Waals surface area contributed by atoms with Gasteiger partial charge in [0.2, 0.25) is 0 Å².